The number of carbonyl (C=O) groups excluding carboxylic acids is 1. The van der Waals surface area contributed by atoms with E-state index in [1.807, 2.05) is 35.2 Å². The lowest BCUT2D eigenvalue weighted by molar-refractivity contribution is -0.132. The molecule has 0 radical (unpaired) electrons. The normalized spacial score (nSPS) is 16.4. The van der Waals surface area contributed by atoms with Crippen molar-refractivity contribution in [1.82, 2.24) is 15.0 Å². The Morgan fingerprint density at radius 2 is 1.97 bits per heavy atom. The zero-order valence-electron chi connectivity index (χ0n) is 16.7. The number of para-hydroxylation sites is 1. The van der Waals surface area contributed by atoms with Crippen molar-refractivity contribution in [1.29, 1.82) is 0 Å². The second-order valence-electron chi connectivity index (χ2n) is 7.43. The van der Waals surface area contributed by atoms with Crippen molar-refractivity contribution in [3.63, 3.8) is 0 Å². The minimum atomic E-state index is -0.436. The van der Waals surface area contributed by atoms with Crippen LogP contribution in [0.25, 0.3) is 0 Å². The summed E-state index contributed by atoms with van der Waals surface area (Å²) in [7, 11) is 0. The highest BCUT2D eigenvalue weighted by Gasteiger charge is 2.28. The number of amides is 1. The molecular formula is C23H24FN3O3. The molecule has 4 rings (SSSR count). The molecule has 1 amide bonds. The van der Waals surface area contributed by atoms with Gasteiger partial charge in [0, 0.05) is 25.4 Å². The molecule has 0 N–H and O–H groups in total. The zero-order chi connectivity index (χ0) is 20.8. The number of piperidine rings is 1. The molecule has 0 spiro atoms. The van der Waals surface area contributed by atoms with Crippen LogP contribution in [0.4, 0.5) is 4.39 Å². The first-order valence-electron chi connectivity index (χ1n) is 10.2. The molecule has 0 aliphatic carbocycles. The van der Waals surface area contributed by atoms with Crippen molar-refractivity contribution in [2.24, 2.45) is 0 Å². The molecule has 156 valence electrons. The number of aryl methyl sites for hydroxylation is 1. The summed E-state index contributed by atoms with van der Waals surface area (Å²) in [6.07, 6.45) is 3.03. The average molecular weight is 409 g/mol. The third-order valence-corrected chi connectivity index (χ3v) is 5.28. The fraction of sp³-hybridized carbons (Fsp3) is 0.348. The average Bonchev–Trinajstić information content (AvgIpc) is 3.27. The van der Waals surface area contributed by atoms with Gasteiger partial charge in [0.25, 0.3) is 5.89 Å². The molecule has 2 heterocycles. The SMILES string of the molecule is O=C(CCc1ccccc1)N1CCCC(c2noc(COc3ccccc3F)n2)C1. The number of hydrogen-bond acceptors (Lipinski definition) is 5. The van der Waals surface area contributed by atoms with Crippen molar-refractivity contribution in [2.45, 2.75) is 38.2 Å². The van der Waals surface area contributed by atoms with Crippen LogP contribution in [-0.2, 0) is 17.8 Å². The predicted octanol–water partition coefficient (Wildman–Crippen LogP) is 4.13. The van der Waals surface area contributed by atoms with E-state index in [9.17, 15) is 9.18 Å². The Labute approximate surface area is 174 Å². The molecule has 1 saturated heterocycles. The molecule has 6 nitrogen and oxygen atoms in total. The van der Waals surface area contributed by atoms with Crippen molar-refractivity contribution in [2.75, 3.05) is 13.1 Å². The van der Waals surface area contributed by atoms with E-state index in [1.54, 1.807) is 18.2 Å². The molecule has 0 saturated carbocycles. The Bertz CT molecular complexity index is 977. The lowest BCUT2D eigenvalue weighted by Gasteiger charge is -2.31. The molecule has 7 heteroatoms. The molecule has 1 fully saturated rings. The van der Waals surface area contributed by atoms with E-state index in [4.69, 9.17) is 9.26 Å². The van der Waals surface area contributed by atoms with Crippen LogP contribution in [0.5, 0.6) is 5.75 Å². The quantitative estimate of drug-likeness (QED) is 0.587. The van der Waals surface area contributed by atoms with Gasteiger partial charge in [0.15, 0.2) is 24.0 Å². The molecule has 3 aromatic rings. The first kappa shape index (κ1) is 20.1. The fourth-order valence-electron chi connectivity index (χ4n) is 3.66. The highest BCUT2D eigenvalue weighted by Crippen LogP contribution is 2.26. The summed E-state index contributed by atoms with van der Waals surface area (Å²) in [6.45, 7) is 1.34. The van der Waals surface area contributed by atoms with Crippen LogP contribution in [0, 0.1) is 5.82 Å². The van der Waals surface area contributed by atoms with Crippen molar-refractivity contribution in [3.05, 3.63) is 77.7 Å². The number of rotatable bonds is 7. The van der Waals surface area contributed by atoms with E-state index in [0.29, 0.717) is 24.7 Å². The number of carbonyl (C=O) groups is 1. The van der Waals surface area contributed by atoms with Crippen LogP contribution in [0.15, 0.2) is 59.1 Å². The van der Waals surface area contributed by atoms with Crippen LogP contribution in [-0.4, -0.2) is 34.0 Å². The first-order valence-corrected chi connectivity index (χ1v) is 10.2. The van der Waals surface area contributed by atoms with E-state index >= 15 is 0 Å². The van der Waals surface area contributed by atoms with Gasteiger partial charge in [-0.15, -0.1) is 0 Å². The largest absolute Gasteiger partial charge is 0.481 e. The summed E-state index contributed by atoms with van der Waals surface area (Å²) < 4.78 is 24.3. The number of benzene rings is 2. The van der Waals surface area contributed by atoms with Gasteiger partial charge in [0.05, 0.1) is 0 Å². The lowest BCUT2D eigenvalue weighted by Crippen LogP contribution is -2.39. The van der Waals surface area contributed by atoms with Crippen molar-refractivity contribution < 1.29 is 18.4 Å². The summed E-state index contributed by atoms with van der Waals surface area (Å²) in [4.78, 5) is 18.9. The third-order valence-electron chi connectivity index (χ3n) is 5.28. The first-order chi connectivity index (χ1) is 14.7. The molecule has 1 aliphatic rings. The number of nitrogens with zero attached hydrogens (tertiary/aromatic N) is 3. The Balaban J connectivity index is 1.31. The van der Waals surface area contributed by atoms with Gasteiger partial charge in [-0.05, 0) is 37.0 Å². The molecule has 1 atom stereocenters. The van der Waals surface area contributed by atoms with Crippen LogP contribution < -0.4 is 4.74 Å². The molecule has 0 bridgehead atoms. The van der Waals surface area contributed by atoms with E-state index in [0.717, 1.165) is 31.4 Å². The monoisotopic (exact) mass is 409 g/mol. The molecule has 2 aromatic carbocycles. The summed E-state index contributed by atoms with van der Waals surface area (Å²) in [6, 6.07) is 16.2. The number of hydrogen-bond donors (Lipinski definition) is 0. The number of ether oxygens (including phenoxy) is 1. The van der Waals surface area contributed by atoms with Gasteiger partial charge in [-0.25, -0.2) is 4.39 Å². The maximum Gasteiger partial charge on any atom is 0.264 e. The highest BCUT2D eigenvalue weighted by molar-refractivity contribution is 5.76. The minimum absolute atomic E-state index is 0.000371. The highest BCUT2D eigenvalue weighted by atomic mass is 19.1. The summed E-state index contributed by atoms with van der Waals surface area (Å²) in [5.74, 6) is 0.753. The predicted molar refractivity (Wildman–Crippen MR) is 108 cm³/mol. The van der Waals surface area contributed by atoms with Gasteiger partial charge >= 0.3 is 0 Å². The number of likely N-dealkylation sites (tertiary alicyclic amines) is 1. The fourth-order valence-corrected chi connectivity index (χ4v) is 3.66. The van der Waals surface area contributed by atoms with E-state index in [2.05, 4.69) is 10.1 Å². The Hall–Kier alpha value is -3.22. The van der Waals surface area contributed by atoms with E-state index in [-0.39, 0.29) is 24.2 Å². The maximum absolute atomic E-state index is 13.6. The number of halogens is 1. The van der Waals surface area contributed by atoms with Gasteiger partial charge in [-0.1, -0.05) is 47.6 Å². The Morgan fingerprint density at radius 3 is 2.80 bits per heavy atom. The lowest BCUT2D eigenvalue weighted by atomic mass is 9.97. The van der Waals surface area contributed by atoms with E-state index in [1.165, 1.54) is 6.07 Å². The maximum atomic E-state index is 13.6. The van der Waals surface area contributed by atoms with E-state index < -0.39 is 5.82 Å². The second kappa shape index (κ2) is 9.52. The van der Waals surface area contributed by atoms with Gasteiger partial charge in [0.2, 0.25) is 5.91 Å². The van der Waals surface area contributed by atoms with Crippen LogP contribution in [0.2, 0.25) is 0 Å². The minimum Gasteiger partial charge on any atom is -0.481 e. The second-order valence-corrected chi connectivity index (χ2v) is 7.43. The summed E-state index contributed by atoms with van der Waals surface area (Å²) >= 11 is 0. The Morgan fingerprint density at radius 1 is 1.17 bits per heavy atom. The Kier molecular flexibility index (Phi) is 6.37. The number of aromatic nitrogens is 2. The van der Waals surface area contributed by atoms with Crippen LogP contribution in [0.3, 0.4) is 0 Å². The van der Waals surface area contributed by atoms with Crippen LogP contribution in [0.1, 0.15) is 42.5 Å². The summed E-state index contributed by atoms with van der Waals surface area (Å²) in [5, 5.41) is 4.06. The van der Waals surface area contributed by atoms with Gasteiger partial charge in [-0.3, -0.25) is 4.79 Å². The van der Waals surface area contributed by atoms with Crippen molar-refractivity contribution >= 4 is 5.91 Å². The van der Waals surface area contributed by atoms with Gasteiger partial charge in [-0.2, -0.15) is 4.98 Å². The smallest absolute Gasteiger partial charge is 0.264 e. The molecule has 30 heavy (non-hydrogen) atoms. The molecule has 1 unspecified atom stereocenters. The van der Waals surface area contributed by atoms with Gasteiger partial charge < -0.3 is 14.2 Å². The molecule has 1 aromatic heterocycles. The van der Waals surface area contributed by atoms with Crippen LogP contribution >= 0.6 is 0 Å². The standard InChI is InChI=1S/C23H24FN3O3/c24-19-10-4-5-11-20(19)29-16-21-25-23(26-30-21)18-9-6-14-27(15-18)22(28)13-12-17-7-2-1-3-8-17/h1-5,7-8,10-11,18H,6,9,12-16H2. The molecule has 1 aliphatic heterocycles. The summed E-state index contributed by atoms with van der Waals surface area (Å²) in [5.41, 5.74) is 1.16. The zero-order valence-corrected chi connectivity index (χ0v) is 16.7. The van der Waals surface area contributed by atoms with Crippen molar-refractivity contribution in [3.8, 4) is 5.75 Å². The third kappa shape index (κ3) is 5.03. The van der Waals surface area contributed by atoms with Gasteiger partial charge in [0.1, 0.15) is 0 Å². The topological polar surface area (TPSA) is 68.5 Å². The molecular weight excluding hydrogens is 385 g/mol.